The summed E-state index contributed by atoms with van der Waals surface area (Å²) in [4.78, 5) is 11.4. The fourth-order valence-corrected chi connectivity index (χ4v) is 2.76. The molecule has 92 valence electrons. The van der Waals surface area contributed by atoms with Gasteiger partial charge in [-0.25, -0.2) is 0 Å². The van der Waals surface area contributed by atoms with Crippen LogP contribution < -0.4 is 11.5 Å². The predicted molar refractivity (Wildman–Crippen MR) is 67.5 cm³/mol. The number of benzene rings is 1. The lowest BCUT2D eigenvalue weighted by Gasteiger charge is -2.24. The fourth-order valence-electron chi connectivity index (χ4n) is 2.76. The molecule has 0 bridgehead atoms. The maximum atomic E-state index is 11.4. The second-order valence-electron chi connectivity index (χ2n) is 4.98. The van der Waals surface area contributed by atoms with Crippen LogP contribution in [0.3, 0.4) is 0 Å². The summed E-state index contributed by atoms with van der Waals surface area (Å²) in [5.41, 5.74) is 13.0. The Bertz CT molecular complexity index is 417. The third kappa shape index (κ3) is 2.35. The van der Waals surface area contributed by atoms with Crippen LogP contribution in [0.1, 0.15) is 31.2 Å². The highest BCUT2D eigenvalue weighted by Crippen LogP contribution is 2.41. The molecule has 1 fully saturated rings. The molecular weight excluding hydrogens is 216 g/mol. The van der Waals surface area contributed by atoms with E-state index in [2.05, 4.69) is 0 Å². The number of anilines is 2. The number of hydrogen-bond acceptors (Lipinski definition) is 3. The van der Waals surface area contributed by atoms with Crippen molar-refractivity contribution in [2.24, 2.45) is 5.41 Å². The van der Waals surface area contributed by atoms with Crippen LogP contribution >= 0.6 is 0 Å². The zero-order valence-corrected chi connectivity index (χ0v) is 9.78. The molecule has 4 nitrogen and oxygen atoms in total. The molecule has 0 aromatic heterocycles. The van der Waals surface area contributed by atoms with Crippen LogP contribution in [0.25, 0.3) is 0 Å². The van der Waals surface area contributed by atoms with E-state index >= 15 is 0 Å². The van der Waals surface area contributed by atoms with Gasteiger partial charge in [0.25, 0.3) is 0 Å². The smallest absolute Gasteiger partial charge is 0.309 e. The number of hydrogen-bond donors (Lipinski definition) is 3. The van der Waals surface area contributed by atoms with Gasteiger partial charge in [-0.3, -0.25) is 4.79 Å². The molecule has 0 atom stereocenters. The van der Waals surface area contributed by atoms with Gasteiger partial charge in [0.15, 0.2) is 0 Å². The van der Waals surface area contributed by atoms with Crippen molar-refractivity contribution in [3.8, 4) is 0 Å². The Morgan fingerprint density at radius 3 is 2.18 bits per heavy atom. The van der Waals surface area contributed by atoms with Crippen molar-refractivity contribution < 1.29 is 9.90 Å². The Balaban J connectivity index is 2.26. The summed E-state index contributed by atoms with van der Waals surface area (Å²) in [6, 6.07) is 5.32. The van der Waals surface area contributed by atoms with E-state index in [4.69, 9.17) is 11.5 Å². The highest BCUT2D eigenvalue weighted by Gasteiger charge is 2.41. The molecule has 17 heavy (non-hydrogen) atoms. The number of carboxylic acids is 1. The Labute approximate surface area is 101 Å². The van der Waals surface area contributed by atoms with Gasteiger partial charge in [-0.1, -0.05) is 12.8 Å². The third-order valence-corrected chi connectivity index (χ3v) is 3.59. The zero-order valence-electron chi connectivity index (χ0n) is 9.78. The van der Waals surface area contributed by atoms with Gasteiger partial charge >= 0.3 is 5.97 Å². The fraction of sp³-hybridized carbons (Fsp3) is 0.462. The minimum Gasteiger partial charge on any atom is -0.481 e. The van der Waals surface area contributed by atoms with Crippen LogP contribution in [0.4, 0.5) is 11.4 Å². The lowest BCUT2D eigenvalue weighted by Crippen LogP contribution is -2.30. The Morgan fingerprint density at radius 1 is 1.18 bits per heavy atom. The van der Waals surface area contributed by atoms with Crippen molar-refractivity contribution in [3.63, 3.8) is 0 Å². The molecule has 1 aromatic carbocycles. The van der Waals surface area contributed by atoms with Crippen molar-refractivity contribution in [2.75, 3.05) is 11.5 Å². The molecule has 0 amide bonds. The largest absolute Gasteiger partial charge is 0.481 e. The maximum absolute atomic E-state index is 11.4. The second kappa shape index (κ2) is 4.28. The number of carbonyl (C=O) groups is 1. The summed E-state index contributed by atoms with van der Waals surface area (Å²) in [5, 5.41) is 9.40. The molecule has 4 heteroatoms. The van der Waals surface area contributed by atoms with Crippen LogP contribution in [-0.4, -0.2) is 11.1 Å². The molecular formula is C13H18N2O2. The number of nitrogens with two attached hydrogens (primary N) is 2. The van der Waals surface area contributed by atoms with Gasteiger partial charge in [-0.15, -0.1) is 0 Å². The van der Waals surface area contributed by atoms with E-state index in [0.717, 1.165) is 31.2 Å². The first-order valence-corrected chi connectivity index (χ1v) is 5.90. The highest BCUT2D eigenvalue weighted by molar-refractivity contribution is 5.75. The summed E-state index contributed by atoms with van der Waals surface area (Å²) in [6.45, 7) is 0. The van der Waals surface area contributed by atoms with Gasteiger partial charge in [0.1, 0.15) is 0 Å². The van der Waals surface area contributed by atoms with Crippen LogP contribution in [0, 0.1) is 5.41 Å². The average Bonchev–Trinajstić information content (AvgIpc) is 2.65. The number of aliphatic carboxylic acids is 1. The Hall–Kier alpha value is -1.71. The number of nitrogen functional groups attached to an aromatic ring is 2. The highest BCUT2D eigenvalue weighted by atomic mass is 16.4. The summed E-state index contributed by atoms with van der Waals surface area (Å²) in [7, 11) is 0. The average molecular weight is 234 g/mol. The summed E-state index contributed by atoms with van der Waals surface area (Å²) >= 11 is 0. The van der Waals surface area contributed by atoms with E-state index < -0.39 is 11.4 Å². The first-order valence-electron chi connectivity index (χ1n) is 5.90. The van der Waals surface area contributed by atoms with E-state index in [1.165, 1.54) is 0 Å². The zero-order chi connectivity index (χ0) is 12.5. The Morgan fingerprint density at radius 2 is 1.71 bits per heavy atom. The monoisotopic (exact) mass is 234 g/mol. The van der Waals surface area contributed by atoms with Crippen molar-refractivity contribution in [1.29, 1.82) is 0 Å². The first-order chi connectivity index (χ1) is 8.02. The van der Waals surface area contributed by atoms with Crippen LogP contribution in [0.15, 0.2) is 18.2 Å². The lowest BCUT2D eigenvalue weighted by atomic mass is 9.80. The van der Waals surface area contributed by atoms with Gasteiger partial charge in [0.2, 0.25) is 0 Å². The van der Waals surface area contributed by atoms with Gasteiger partial charge in [-0.05, 0) is 43.0 Å². The third-order valence-electron chi connectivity index (χ3n) is 3.59. The molecule has 5 N–H and O–H groups in total. The van der Waals surface area contributed by atoms with Gasteiger partial charge in [0, 0.05) is 11.4 Å². The Kier molecular flexibility index (Phi) is 2.96. The normalized spacial score (nSPS) is 18.1. The summed E-state index contributed by atoms with van der Waals surface area (Å²) in [5.74, 6) is -0.698. The SMILES string of the molecule is Nc1cc(N)cc(CC2(C(=O)O)CCCC2)c1. The molecule has 0 aliphatic heterocycles. The van der Waals surface area contributed by atoms with E-state index in [-0.39, 0.29) is 0 Å². The minimum atomic E-state index is -0.698. The molecule has 1 saturated carbocycles. The van der Waals surface area contributed by atoms with E-state index in [9.17, 15) is 9.90 Å². The minimum absolute atomic E-state index is 0.525. The number of rotatable bonds is 3. The van der Waals surface area contributed by atoms with Crippen molar-refractivity contribution in [2.45, 2.75) is 32.1 Å². The molecule has 0 unspecified atom stereocenters. The van der Waals surface area contributed by atoms with Crippen molar-refractivity contribution in [3.05, 3.63) is 23.8 Å². The molecule has 0 radical (unpaired) electrons. The van der Waals surface area contributed by atoms with Crippen LogP contribution in [0.2, 0.25) is 0 Å². The topological polar surface area (TPSA) is 89.3 Å². The maximum Gasteiger partial charge on any atom is 0.309 e. The quantitative estimate of drug-likeness (QED) is 0.698. The van der Waals surface area contributed by atoms with Crippen LogP contribution in [-0.2, 0) is 11.2 Å². The molecule has 1 aromatic rings. The van der Waals surface area contributed by atoms with Gasteiger partial charge in [0.05, 0.1) is 5.41 Å². The molecule has 2 rings (SSSR count). The standard InChI is InChI=1S/C13H18N2O2/c14-10-5-9(6-11(15)7-10)8-13(12(16)17)3-1-2-4-13/h5-7H,1-4,8,14-15H2,(H,16,17). The van der Waals surface area contributed by atoms with Crippen molar-refractivity contribution >= 4 is 17.3 Å². The summed E-state index contributed by atoms with van der Waals surface area (Å²) < 4.78 is 0. The molecule has 1 aliphatic carbocycles. The number of carboxylic acid groups (broad SMARTS) is 1. The molecule has 0 spiro atoms. The molecule has 0 heterocycles. The van der Waals surface area contributed by atoms with Crippen LogP contribution in [0.5, 0.6) is 0 Å². The van der Waals surface area contributed by atoms with Gasteiger partial charge in [-0.2, -0.15) is 0 Å². The predicted octanol–water partition coefficient (Wildman–Crippen LogP) is 2.04. The van der Waals surface area contributed by atoms with Crippen molar-refractivity contribution in [1.82, 2.24) is 0 Å². The second-order valence-corrected chi connectivity index (χ2v) is 4.98. The summed E-state index contributed by atoms with van der Waals surface area (Å²) in [6.07, 6.45) is 4.00. The van der Waals surface area contributed by atoms with E-state index in [0.29, 0.717) is 17.8 Å². The lowest BCUT2D eigenvalue weighted by molar-refractivity contribution is -0.148. The molecule has 1 aliphatic rings. The van der Waals surface area contributed by atoms with Gasteiger partial charge < -0.3 is 16.6 Å². The van der Waals surface area contributed by atoms with E-state index in [1.54, 1.807) is 6.07 Å². The van der Waals surface area contributed by atoms with E-state index in [1.807, 2.05) is 12.1 Å². The molecule has 0 saturated heterocycles. The first kappa shape index (κ1) is 11.8.